The maximum absolute atomic E-state index is 12.9. The summed E-state index contributed by atoms with van der Waals surface area (Å²) in [4.78, 5) is 17.3. The Morgan fingerprint density at radius 3 is 2.55 bits per heavy atom. The first-order valence-corrected chi connectivity index (χ1v) is 8.22. The van der Waals surface area contributed by atoms with E-state index in [0.29, 0.717) is 5.91 Å². The summed E-state index contributed by atoms with van der Waals surface area (Å²) in [6.45, 7) is 7.16. The van der Waals surface area contributed by atoms with Crippen LogP contribution in [0.5, 0.6) is 0 Å². The average Bonchev–Trinajstić information content (AvgIpc) is 2.88. The minimum absolute atomic E-state index is 0.0941. The van der Waals surface area contributed by atoms with Gasteiger partial charge in [0.2, 0.25) is 5.91 Å². The number of nitrogens with zero attached hydrogens (tertiary/aromatic N) is 2. The molecule has 0 aromatic heterocycles. The first-order chi connectivity index (χ1) is 9.57. The van der Waals surface area contributed by atoms with E-state index in [1.54, 1.807) is 0 Å². The standard InChI is InChI=1S/C16H31N3O/c1-4-7-16(8-9-17-13-16)15(20)19-10-5-14(6-11-19)12-18(2)3/h14,17H,4-13H2,1-3H3. The van der Waals surface area contributed by atoms with Gasteiger partial charge in [0.25, 0.3) is 0 Å². The van der Waals surface area contributed by atoms with Gasteiger partial charge in [-0.3, -0.25) is 4.79 Å². The second-order valence-corrected chi connectivity index (χ2v) is 6.95. The largest absolute Gasteiger partial charge is 0.342 e. The van der Waals surface area contributed by atoms with Gasteiger partial charge in [-0.1, -0.05) is 13.3 Å². The quantitative estimate of drug-likeness (QED) is 0.831. The molecule has 116 valence electrons. The van der Waals surface area contributed by atoms with E-state index in [-0.39, 0.29) is 5.41 Å². The topological polar surface area (TPSA) is 35.6 Å². The number of rotatable bonds is 5. The Labute approximate surface area is 123 Å². The molecule has 2 heterocycles. The number of carbonyl (C=O) groups excluding carboxylic acids is 1. The van der Waals surface area contributed by atoms with Crippen LogP contribution >= 0.6 is 0 Å². The first-order valence-electron chi connectivity index (χ1n) is 8.22. The fourth-order valence-electron chi connectivity index (χ4n) is 3.90. The summed E-state index contributed by atoms with van der Waals surface area (Å²) >= 11 is 0. The molecular formula is C16H31N3O. The lowest BCUT2D eigenvalue weighted by Gasteiger charge is -2.38. The van der Waals surface area contributed by atoms with Crippen molar-refractivity contribution in [1.29, 1.82) is 0 Å². The van der Waals surface area contributed by atoms with Crippen LogP contribution in [0.25, 0.3) is 0 Å². The van der Waals surface area contributed by atoms with Gasteiger partial charge < -0.3 is 15.1 Å². The molecule has 1 unspecified atom stereocenters. The van der Waals surface area contributed by atoms with E-state index in [4.69, 9.17) is 0 Å². The third-order valence-corrected chi connectivity index (χ3v) is 4.95. The molecule has 4 heteroatoms. The van der Waals surface area contributed by atoms with Gasteiger partial charge in [-0.2, -0.15) is 0 Å². The van der Waals surface area contributed by atoms with Crippen LogP contribution in [0.3, 0.4) is 0 Å². The summed E-state index contributed by atoms with van der Waals surface area (Å²) in [6.07, 6.45) is 5.50. The van der Waals surface area contributed by atoms with Crippen LogP contribution in [-0.2, 0) is 4.79 Å². The number of piperidine rings is 1. The molecule has 0 aliphatic carbocycles. The minimum Gasteiger partial charge on any atom is -0.342 e. The van der Waals surface area contributed by atoms with Gasteiger partial charge in [0.15, 0.2) is 0 Å². The van der Waals surface area contributed by atoms with Crippen molar-refractivity contribution in [2.45, 2.75) is 39.0 Å². The lowest BCUT2D eigenvalue weighted by atomic mass is 9.80. The summed E-state index contributed by atoms with van der Waals surface area (Å²) in [5.41, 5.74) is -0.0941. The molecular weight excluding hydrogens is 250 g/mol. The second kappa shape index (κ2) is 6.90. The summed E-state index contributed by atoms with van der Waals surface area (Å²) in [5, 5.41) is 3.40. The molecule has 1 N–H and O–H groups in total. The Hall–Kier alpha value is -0.610. The molecule has 0 saturated carbocycles. The highest BCUT2D eigenvalue weighted by atomic mass is 16.2. The van der Waals surface area contributed by atoms with E-state index in [9.17, 15) is 4.79 Å². The molecule has 1 atom stereocenters. The number of nitrogens with one attached hydrogen (secondary N) is 1. The maximum atomic E-state index is 12.9. The molecule has 0 radical (unpaired) electrons. The number of likely N-dealkylation sites (tertiary alicyclic amines) is 1. The third kappa shape index (κ3) is 3.53. The maximum Gasteiger partial charge on any atom is 0.230 e. The fourth-order valence-corrected chi connectivity index (χ4v) is 3.90. The predicted molar refractivity (Wildman–Crippen MR) is 82.7 cm³/mol. The number of hydrogen-bond donors (Lipinski definition) is 1. The molecule has 20 heavy (non-hydrogen) atoms. The molecule has 2 aliphatic rings. The van der Waals surface area contributed by atoms with Gasteiger partial charge in [-0.25, -0.2) is 0 Å². The minimum atomic E-state index is -0.0941. The fraction of sp³-hybridized carbons (Fsp3) is 0.938. The zero-order valence-electron chi connectivity index (χ0n) is 13.5. The number of hydrogen-bond acceptors (Lipinski definition) is 3. The van der Waals surface area contributed by atoms with Crippen LogP contribution in [0.1, 0.15) is 39.0 Å². The van der Waals surface area contributed by atoms with Crippen LogP contribution in [0, 0.1) is 11.3 Å². The van der Waals surface area contributed by atoms with Crippen LogP contribution < -0.4 is 5.32 Å². The molecule has 0 aromatic carbocycles. The van der Waals surface area contributed by atoms with Crippen LogP contribution in [-0.4, -0.2) is 62.5 Å². The third-order valence-electron chi connectivity index (χ3n) is 4.95. The highest BCUT2D eigenvalue weighted by molar-refractivity contribution is 5.83. The second-order valence-electron chi connectivity index (χ2n) is 6.95. The number of carbonyl (C=O) groups is 1. The number of amides is 1. The van der Waals surface area contributed by atoms with Crippen LogP contribution in [0.4, 0.5) is 0 Å². The van der Waals surface area contributed by atoms with Crippen molar-refractivity contribution in [3.63, 3.8) is 0 Å². The zero-order chi connectivity index (χ0) is 14.6. The van der Waals surface area contributed by atoms with Crippen molar-refractivity contribution in [2.75, 3.05) is 46.8 Å². The van der Waals surface area contributed by atoms with Crippen molar-refractivity contribution in [1.82, 2.24) is 15.1 Å². The SMILES string of the molecule is CCCC1(C(=O)N2CCC(CN(C)C)CC2)CCNC1. The molecule has 2 rings (SSSR count). The molecule has 2 aliphatic heterocycles. The normalized spacial score (nSPS) is 28.3. The van der Waals surface area contributed by atoms with Crippen LogP contribution in [0.15, 0.2) is 0 Å². The molecule has 2 fully saturated rings. The zero-order valence-corrected chi connectivity index (χ0v) is 13.5. The summed E-state index contributed by atoms with van der Waals surface area (Å²) in [6, 6.07) is 0. The lowest BCUT2D eigenvalue weighted by Crippen LogP contribution is -2.49. The lowest BCUT2D eigenvalue weighted by molar-refractivity contribution is -0.143. The van der Waals surface area contributed by atoms with E-state index >= 15 is 0 Å². The molecule has 0 bridgehead atoms. The highest BCUT2D eigenvalue weighted by Gasteiger charge is 2.43. The highest BCUT2D eigenvalue weighted by Crippen LogP contribution is 2.34. The van der Waals surface area contributed by atoms with E-state index in [1.165, 1.54) is 12.8 Å². The van der Waals surface area contributed by atoms with E-state index < -0.39 is 0 Å². The summed E-state index contributed by atoms with van der Waals surface area (Å²) < 4.78 is 0. The Morgan fingerprint density at radius 1 is 1.35 bits per heavy atom. The van der Waals surface area contributed by atoms with Crippen molar-refractivity contribution in [3.8, 4) is 0 Å². The first kappa shape index (κ1) is 15.8. The summed E-state index contributed by atoms with van der Waals surface area (Å²) in [5.74, 6) is 1.19. The van der Waals surface area contributed by atoms with E-state index in [2.05, 4.69) is 36.1 Å². The Morgan fingerprint density at radius 2 is 2.05 bits per heavy atom. The Bertz CT molecular complexity index is 316. The predicted octanol–water partition coefficient (Wildman–Crippen LogP) is 1.57. The molecule has 0 spiro atoms. The van der Waals surface area contributed by atoms with Gasteiger partial charge in [-0.05, 0) is 52.2 Å². The Kier molecular flexibility index (Phi) is 5.44. The van der Waals surface area contributed by atoms with Gasteiger partial charge >= 0.3 is 0 Å². The van der Waals surface area contributed by atoms with E-state index in [1.807, 2.05) is 0 Å². The molecule has 4 nitrogen and oxygen atoms in total. The van der Waals surface area contributed by atoms with Crippen molar-refractivity contribution >= 4 is 5.91 Å². The van der Waals surface area contributed by atoms with Gasteiger partial charge in [-0.15, -0.1) is 0 Å². The molecule has 2 saturated heterocycles. The van der Waals surface area contributed by atoms with Crippen molar-refractivity contribution in [2.24, 2.45) is 11.3 Å². The average molecular weight is 281 g/mol. The van der Waals surface area contributed by atoms with Crippen LogP contribution in [0.2, 0.25) is 0 Å². The van der Waals surface area contributed by atoms with Gasteiger partial charge in [0.05, 0.1) is 5.41 Å². The Balaban J connectivity index is 1.90. The summed E-state index contributed by atoms with van der Waals surface area (Å²) in [7, 11) is 4.27. The molecule has 0 aromatic rings. The smallest absolute Gasteiger partial charge is 0.230 e. The van der Waals surface area contributed by atoms with Crippen molar-refractivity contribution < 1.29 is 4.79 Å². The van der Waals surface area contributed by atoms with Crippen molar-refractivity contribution in [3.05, 3.63) is 0 Å². The monoisotopic (exact) mass is 281 g/mol. The van der Waals surface area contributed by atoms with E-state index in [0.717, 1.165) is 57.9 Å². The van der Waals surface area contributed by atoms with Gasteiger partial charge in [0, 0.05) is 26.2 Å². The van der Waals surface area contributed by atoms with Gasteiger partial charge in [0.1, 0.15) is 0 Å². The molecule has 1 amide bonds.